The Labute approximate surface area is 251 Å². The van der Waals surface area contributed by atoms with Gasteiger partial charge in [0.25, 0.3) is 5.91 Å². The molecular formula is C36H74N2O2. The number of nitrogens with two attached hydrogens (primary N) is 1. The molecule has 4 nitrogen and oxygen atoms in total. The first-order valence-corrected chi connectivity index (χ1v) is 18.4. The molecular weight excluding hydrogens is 492 g/mol. The highest BCUT2D eigenvalue weighted by molar-refractivity contribution is 5.74. The lowest BCUT2D eigenvalue weighted by molar-refractivity contribution is -0.166. The molecule has 0 fully saturated rings. The van der Waals surface area contributed by atoms with Crippen molar-refractivity contribution in [3.05, 3.63) is 0 Å². The number of hydrazine groups is 1. The van der Waals surface area contributed by atoms with Crippen LogP contribution in [0.5, 0.6) is 0 Å². The van der Waals surface area contributed by atoms with Crippen molar-refractivity contribution in [2.75, 3.05) is 0 Å². The Bertz CT molecular complexity index is 483. The molecule has 0 aliphatic heterocycles. The Morgan fingerprint density at radius 1 is 0.400 bits per heavy atom. The van der Waals surface area contributed by atoms with Crippen molar-refractivity contribution in [1.29, 1.82) is 0 Å². The summed E-state index contributed by atoms with van der Waals surface area (Å²) in [5.74, 6) is 4.61. The predicted octanol–water partition coefficient (Wildman–Crippen LogP) is 12.4. The van der Waals surface area contributed by atoms with Crippen LogP contribution in [-0.2, 0) is 4.79 Å². The summed E-state index contributed by atoms with van der Waals surface area (Å²) in [6.45, 7) is 2.30. The molecule has 40 heavy (non-hydrogen) atoms. The number of nitrogens with zero attached hydrogens (tertiary/aromatic N) is 1. The molecule has 0 aromatic heterocycles. The monoisotopic (exact) mass is 567 g/mol. The molecule has 0 radical (unpaired) electrons. The van der Waals surface area contributed by atoms with Crippen molar-refractivity contribution >= 4 is 5.91 Å². The highest BCUT2D eigenvalue weighted by Crippen LogP contribution is 2.17. The van der Waals surface area contributed by atoms with E-state index in [0.29, 0.717) is 6.42 Å². The summed E-state index contributed by atoms with van der Waals surface area (Å²) in [5.41, 5.74) is 0. The lowest BCUT2D eigenvalue weighted by Gasteiger charge is -2.07. The molecule has 240 valence electrons. The van der Waals surface area contributed by atoms with E-state index in [1.165, 1.54) is 199 Å². The van der Waals surface area contributed by atoms with Gasteiger partial charge in [-0.25, -0.2) is 5.84 Å². The number of unbranched alkanes of at least 4 members (excludes halogenated alkanes) is 32. The summed E-state index contributed by atoms with van der Waals surface area (Å²) in [6, 6.07) is 0. The van der Waals surface area contributed by atoms with Crippen LogP contribution < -0.4 is 5.84 Å². The zero-order chi connectivity index (χ0) is 29.2. The standard InChI is InChI=1S/C36H74N2O2/c1-2-3-4-5-6-7-8-9-10-11-12-13-14-15-16-17-18-19-20-21-22-23-24-25-26-27-28-29-30-31-32-33-34-35-36(39)38(37)40/h40H,2-35,37H2,1H3. The molecule has 0 aliphatic carbocycles. The molecule has 0 spiro atoms. The Morgan fingerprint density at radius 3 is 0.750 bits per heavy atom. The Hall–Kier alpha value is -0.610. The van der Waals surface area contributed by atoms with Gasteiger partial charge < -0.3 is 0 Å². The van der Waals surface area contributed by atoms with Crippen molar-refractivity contribution < 1.29 is 10.0 Å². The molecule has 4 heteroatoms. The van der Waals surface area contributed by atoms with Gasteiger partial charge in [-0.05, 0) is 6.42 Å². The maximum Gasteiger partial charge on any atom is 0.260 e. The van der Waals surface area contributed by atoms with Gasteiger partial charge in [0, 0.05) is 6.42 Å². The highest BCUT2D eigenvalue weighted by atomic mass is 16.5. The third-order valence-corrected chi connectivity index (χ3v) is 8.75. The van der Waals surface area contributed by atoms with Gasteiger partial charge in [0.15, 0.2) is 0 Å². The van der Waals surface area contributed by atoms with Gasteiger partial charge in [-0.1, -0.05) is 212 Å². The molecule has 0 atom stereocenters. The smallest absolute Gasteiger partial charge is 0.260 e. The van der Waals surface area contributed by atoms with Gasteiger partial charge in [0.2, 0.25) is 0 Å². The van der Waals surface area contributed by atoms with Crippen LogP contribution in [0.15, 0.2) is 0 Å². The average Bonchev–Trinajstić information content (AvgIpc) is 2.95. The normalized spacial score (nSPS) is 11.4. The first-order valence-electron chi connectivity index (χ1n) is 18.4. The van der Waals surface area contributed by atoms with Crippen molar-refractivity contribution in [3.63, 3.8) is 0 Å². The van der Waals surface area contributed by atoms with E-state index in [-0.39, 0.29) is 11.1 Å². The molecule has 0 unspecified atom stereocenters. The third-order valence-electron chi connectivity index (χ3n) is 8.75. The van der Waals surface area contributed by atoms with Crippen LogP contribution in [0.25, 0.3) is 0 Å². The molecule has 0 heterocycles. The van der Waals surface area contributed by atoms with E-state index in [2.05, 4.69) is 6.92 Å². The fraction of sp³-hybridized carbons (Fsp3) is 0.972. The molecule has 0 saturated heterocycles. The minimum atomic E-state index is -0.388. The summed E-state index contributed by atoms with van der Waals surface area (Å²) in [5, 5.41) is 9.01. The lowest BCUT2D eigenvalue weighted by Crippen LogP contribution is -2.33. The maximum atomic E-state index is 11.2. The van der Waals surface area contributed by atoms with Gasteiger partial charge in [-0.2, -0.15) is 5.17 Å². The van der Waals surface area contributed by atoms with Crippen LogP contribution in [-0.4, -0.2) is 16.3 Å². The van der Waals surface area contributed by atoms with Crippen LogP contribution in [0.3, 0.4) is 0 Å². The fourth-order valence-electron chi connectivity index (χ4n) is 5.94. The zero-order valence-corrected chi connectivity index (χ0v) is 27.4. The number of hydrogen-bond donors (Lipinski definition) is 2. The van der Waals surface area contributed by atoms with Gasteiger partial charge >= 0.3 is 0 Å². The second-order valence-electron chi connectivity index (χ2n) is 12.8. The molecule has 0 bridgehead atoms. The van der Waals surface area contributed by atoms with Crippen molar-refractivity contribution in [2.45, 2.75) is 225 Å². The van der Waals surface area contributed by atoms with E-state index in [9.17, 15) is 4.79 Å². The lowest BCUT2D eigenvalue weighted by atomic mass is 10.0. The van der Waals surface area contributed by atoms with Crippen LogP contribution >= 0.6 is 0 Å². The largest absolute Gasteiger partial charge is 0.271 e. The Balaban J connectivity index is 3.05. The molecule has 0 saturated carbocycles. The van der Waals surface area contributed by atoms with Crippen molar-refractivity contribution in [2.24, 2.45) is 5.84 Å². The quantitative estimate of drug-likeness (QED) is 0.0267. The van der Waals surface area contributed by atoms with Gasteiger partial charge in [0.05, 0.1) is 0 Å². The van der Waals surface area contributed by atoms with E-state index < -0.39 is 0 Å². The second kappa shape index (κ2) is 34.6. The first kappa shape index (κ1) is 39.4. The van der Waals surface area contributed by atoms with Crippen molar-refractivity contribution in [1.82, 2.24) is 5.17 Å². The van der Waals surface area contributed by atoms with E-state index in [1.54, 1.807) is 0 Å². The minimum absolute atomic E-state index is 0.212. The summed E-state index contributed by atoms with van der Waals surface area (Å²) in [4.78, 5) is 11.2. The number of amides is 1. The number of carbonyl (C=O) groups excluding carboxylic acids is 1. The SMILES string of the molecule is CCCCCCCCCCCCCCCCCCCCCCCCCCCCCCCCCCCC(=O)N(N)O. The van der Waals surface area contributed by atoms with Crippen molar-refractivity contribution in [3.8, 4) is 0 Å². The molecule has 3 N–H and O–H groups in total. The van der Waals surface area contributed by atoms with E-state index in [4.69, 9.17) is 11.0 Å². The minimum Gasteiger partial charge on any atom is -0.271 e. The predicted molar refractivity (Wildman–Crippen MR) is 175 cm³/mol. The molecule has 0 aliphatic rings. The van der Waals surface area contributed by atoms with Crippen LogP contribution in [0.2, 0.25) is 0 Å². The molecule has 0 rings (SSSR count). The van der Waals surface area contributed by atoms with Gasteiger partial charge in [0.1, 0.15) is 0 Å². The summed E-state index contributed by atoms with van der Waals surface area (Å²) < 4.78 is 0. The van der Waals surface area contributed by atoms with Gasteiger partial charge in [-0.3, -0.25) is 10.0 Å². The summed E-state index contributed by atoms with van der Waals surface area (Å²) in [7, 11) is 0. The van der Waals surface area contributed by atoms with Crippen LogP contribution in [0.1, 0.15) is 225 Å². The van der Waals surface area contributed by atoms with Crippen LogP contribution in [0, 0.1) is 0 Å². The van der Waals surface area contributed by atoms with E-state index in [0.717, 1.165) is 12.8 Å². The summed E-state index contributed by atoms with van der Waals surface area (Å²) >= 11 is 0. The molecule has 0 aromatic carbocycles. The van der Waals surface area contributed by atoms with Gasteiger partial charge in [-0.15, -0.1) is 0 Å². The molecule has 1 amide bonds. The number of hydrogen-bond acceptors (Lipinski definition) is 3. The average molecular weight is 567 g/mol. The Kier molecular flexibility index (Phi) is 34.1. The molecule has 0 aromatic rings. The van der Waals surface area contributed by atoms with E-state index in [1.807, 2.05) is 0 Å². The Morgan fingerprint density at radius 2 is 0.575 bits per heavy atom. The zero-order valence-electron chi connectivity index (χ0n) is 27.4. The second-order valence-corrected chi connectivity index (χ2v) is 12.8. The highest BCUT2D eigenvalue weighted by Gasteiger charge is 2.05. The maximum absolute atomic E-state index is 11.2. The number of hydroxylamine groups is 1. The summed E-state index contributed by atoms with van der Waals surface area (Å²) in [6.07, 6.45) is 46.6. The fourth-order valence-corrected chi connectivity index (χ4v) is 5.94. The number of carbonyl (C=O) groups is 1. The topological polar surface area (TPSA) is 66.6 Å². The third kappa shape index (κ3) is 33.6. The number of rotatable bonds is 34. The first-order chi connectivity index (χ1) is 19.7. The van der Waals surface area contributed by atoms with E-state index >= 15 is 0 Å². The van der Waals surface area contributed by atoms with Crippen LogP contribution in [0.4, 0.5) is 0 Å².